The molecule has 0 fully saturated rings. The number of hydrogen-bond acceptors (Lipinski definition) is 2. The fourth-order valence-corrected chi connectivity index (χ4v) is 1.63. The van der Waals surface area contributed by atoms with E-state index in [1.165, 1.54) is 0 Å². The Morgan fingerprint density at radius 2 is 1.62 bits per heavy atom. The van der Waals surface area contributed by atoms with Gasteiger partial charge >= 0.3 is 0 Å². The van der Waals surface area contributed by atoms with E-state index in [2.05, 4.69) is 4.72 Å². The van der Waals surface area contributed by atoms with Gasteiger partial charge in [0.2, 0.25) is 10.0 Å². The molecule has 90 valence electrons. The second kappa shape index (κ2) is 7.06. The van der Waals surface area contributed by atoms with Crippen LogP contribution >= 0.6 is 0 Å². The average Bonchev–Trinajstić information content (AvgIpc) is 2.22. The molecule has 0 amide bonds. The normalized spacial score (nSPS) is 10.8. The minimum Gasteiger partial charge on any atom is -0.284 e. The van der Waals surface area contributed by atoms with Crippen molar-refractivity contribution in [3.8, 4) is 0 Å². The second-order valence-electron chi connectivity index (χ2n) is 3.00. The van der Waals surface area contributed by atoms with E-state index in [4.69, 9.17) is 0 Å². The van der Waals surface area contributed by atoms with Crippen LogP contribution in [0.1, 0.15) is 26.3 Å². The highest BCUT2D eigenvalue weighted by Gasteiger charge is 1.99. The van der Waals surface area contributed by atoms with Crippen molar-refractivity contribution < 1.29 is 8.42 Å². The highest BCUT2D eigenvalue weighted by molar-refractivity contribution is 7.92. The molecule has 3 nitrogen and oxygen atoms in total. The van der Waals surface area contributed by atoms with Crippen LogP contribution in [0.15, 0.2) is 30.3 Å². The van der Waals surface area contributed by atoms with Crippen LogP contribution in [-0.4, -0.2) is 14.7 Å². The van der Waals surface area contributed by atoms with Crippen LogP contribution in [0.2, 0.25) is 0 Å². The predicted molar refractivity (Wildman–Crippen MR) is 71.0 cm³/mol. The number of sulfonamides is 1. The van der Waals surface area contributed by atoms with Crippen molar-refractivity contribution in [2.45, 2.75) is 20.8 Å². The molecular formula is C12H19NO2S. The zero-order chi connectivity index (χ0) is 12.6. The van der Waals surface area contributed by atoms with Crippen molar-refractivity contribution in [2.75, 3.05) is 11.0 Å². The molecule has 0 saturated heterocycles. The average molecular weight is 241 g/mol. The molecule has 1 N–H and O–H groups in total. The van der Waals surface area contributed by atoms with Crippen molar-refractivity contribution in [1.29, 1.82) is 0 Å². The molecule has 0 aliphatic heterocycles. The lowest BCUT2D eigenvalue weighted by Gasteiger charge is -2.03. The van der Waals surface area contributed by atoms with Crippen LogP contribution in [0.3, 0.4) is 0 Å². The lowest BCUT2D eigenvalue weighted by molar-refractivity contribution is 0.607. The Balaban J connectivity index is 0.00000106. The summed E-state index contributed by atoms with van der Waals surface area (Å²) in [6.45, 7) is 5.93. The number of benzene rings is 1. The molecule has 0 aromatic heterocycles. The van der Waals surface area contributed by atoms with Gasteiger partial charge in [-0.1, -0.05) is 38.1 Å². The maximum absolute atomic E-state index is 10.9. The van der Waals surface area contributed by atoms with Gasteiger partial charge in [0.05, 0.1) is 6.26 Å². The zero-order valence-corrected chi connectivity index (χ0v) is 11.0. The Morgan fingerprint density at radius 1 is 1.12 bits per heavy atom. The summed E-state index contributed by atoms with van der Waals surface area (Å²) < 4.78 is 24.2. The molecule has 0 radical (unpaired) electrons. The van der Waals surface area contributed by atoms with E-state index in [-0.39, 0.29) is 0 Å². The number of hydrogen-bond donors (Lipinski definition) is 1. The molecule has 0 spiro atoms. The van der Waals surface area contributed by atoms with Gasteiger partial charge in [-0.15, -0.1) is 0 Å². The van der Waals surface area contributed by atoms with Gasteiger partial charge in [0, 0.05) is 5.69 Å². The first kappa shape index (κ1) is 14.7. The second-order valence-corrected chi connectivity index (χ2v) is 4.74. The van der Waals surface area contributed by atoms with E-state index in [1.54, 1.807) is 12.1 Å². The minimum absolute atomic E-state index is 0.584. The molecular weight excluding hydrogens is 222 g/mol. The van der Waals surface area contributed by atoms with Gasteiger partial charge < -0.3 is 0 Å². The maximum atomic E-state index is 10.9. The van der Waals surface area contributed by atoms with E-state index in [0.717, 1.165) is 11.8 Å². The van der Waals surface area contributed by atoms with Crippen LogP contribution in [0.25, 0.3) is 6.08 Å². The van der Waals surface area contributed by atoms with Crippen LogP contribution in [0, 0.1) is 0 Å². The molecule has 0 aliphatic carbocycles. The van der Waals surface area contributed by atoms with Crippen molar-refractivity contribution in [2.24, 2.45) is 0 Å². The molecule has 1 rings (SSSR count). The first-order valence-electron chi connectivity index (χ1n) is 5.22. The van der Waals surface area contributed by atoms with Crippen LogP contribution < -0.4 is 4.72 Å². The van der Waals surface area contributed by atoms with Crippen LogP contribution in [0.4, 0.5) is 5.69 Å². The molecule has 0 saturated carbocycles. The summed E-state index contributed by atoms with van der Waals surface area (Å²) in [4.78, 5) is 0. The SMILES string of the molecule is C/C=C/c1ccc(NS(C)(=O)=O)cc1.CC. The van der Waals surface area contributed by atoms with Gasteiger partial charge in [0.25, 0.3) is 0 Å². The van der Waals surface area contributed by atoms with Gasteiger partial charge in [-0.2, -0.15) is 0 Å². The Hall–Kier alpha value is -1.29. The summed E-state index contributed by atoms with van der Waals surface area (Å²) in [6.07, 6.45) is 5.01. The third-order valence-electron chi connectivity index (χ3n) is 1.57. The lowest BCUT2D eigenvalue weighted by atomic mass is 10.2. The third kappa shape index (κ3) is 6.24. The maximum Gasteiger partial charge on any atom is 0.229 e. The summed E-state index contributed by atoms with van der Waals surface area (Å²) in [5.74, 6) is 0. The van der Waals surface area contributed by atoms with Crippen molar-refractivity contribution in [1.82, 2.24) is 0 Å². The smallest absolute Gasteiger partial charge is 0.229 e. The van der Waals surface area contributed by atoms with Crippen molar-refractivity contribution >= 4 is 21.8 Å². The van der Waals surface area contributed by atoms with Gasteiger partial charge in [-0.3, -0.25) is 4.72 Å². The Kier molecular flexibility index (Phi) is 6.49. The quantitative estimate of drug-likeness (QED) is 0.883. The summed E-state index contributed by atoms with van der Waals surface area (Å²) >= 11 is 0. The lowest BCUT2D eigenvalue weighted by Crippen LogP contribution is -2.09. The van der Waals surface area contributed by atoms with Gasteiger partial charge in [-0.25, -0.2) is 8.42 Å². The fraction of sp³-hybridized carbons (Fsp3) is 0.333. The Bertz CT molecular complexity index is 419. The molecule has 0 bridgehead atoms. The largest absolute Gasteiger partial charge is 0.284 e. The fourth-order valence-electron chi connectivity index (χ4n) is 1.07. The van der Waals surface area contributed by atoms with E-state index in [1.807, 2.05) is 45.1 Å². The molecule has 1 aromatic carbocycles. The molecule has 0 atom stereocenters. The van der Waals surface area contributed by atoms with E-state index < -0.39 is 10.0 Å². The highest BCUT2D eigenvalue weighted by atomic mass is 32.2. The van der Waals surface area contributed by atoms with Crippen molar-refractivity contribution in [3.63, 3.8) is 0 Å². The molecule has 0 unspecified atom stereocenters. The highest BCUT2D eigenvalue weighted by Crippen LogP contribution is 2.11. The monoisotopic (exact) mass is 241 g/mol. The van der Waals surface area contributed by atoms with E-state index in [0.29, 0.717) is 5.69 Å². The first-order chi connectivity index (χ1) is 7.51. The number of rotatable bonds is 3. The van der Waals surface area contributed by atoms with Gasteiger partial charge in [-0.05, 0) is 24.6 Å². The summed E-state index contributed by atoms with van der Waals surface area (Å²) in [7, 11) is -3.17. The standard InChI is InChI=1S/C10H13NO2S.C2H6/c1-3-4-9-5-7-10(8-6-9)11-14(2,12)13;1-2/h3-8,11H,1-2H3;1-2H3/b4-3+;. The number of allylic oxidation sites excluding steroid dienone is 1. The third-order valence-corrected chi connectivity index (χ3v) is 2.18. The first-order valence-corrected chi connectivity index (χ1v) is 7.11. The Labute approximate surface area is 98.2 Å². The van der Waals surface area contributed by atoms with E-state index >= 15 is 0 Å². The molecule has 1 aromatic rings. The molecule has 0 aliphatic rings. The Morgan fingerprint density at radius 3 is 2.00 bits per heavy atom. The zero-order valence-electron chi connectivity index (χ0n) is 10.2. The van der Waals surface area contributed by atoms with Gasteiger partial charge in [0.1, 0.15) is 0 Å². The number of nitrogens with one attached hydrogen (secondary N) is 1. The molecule has 4 heteroatoms. The molecule has 16 heavy (non-hydrogen) atoms. The minimum atomic E-state index is -3.17. The van der Waals surface area contributed by atoms with Crippen molar-refractivity contribution in [3.05, 3.63) is 35.9 Å². The topological polar surface area (TPSA) is 46.2 Å². The van der Waals surface area contributed by atoms with E-state index in [9.17, 15) is 8.42 Å². The van der Waals surface area contributed by atoms with Crippen LogP contribution in [0.5, 0.6) is 0 Å². The number of anilines is 1. The summed E-state index contributed by atoms with van der Waals surface area (Å²) in [6, 6.07) is 7.17. The van der Waals surface area contributed by atoms with Crippen LogP contribution in [-0.2, 0) is 10.0 Å². The summed E-state index contributed by atoms with van der Waals surface area (Å²) in [5.41, 5.74) is 1.63. The molecule has 0 heterocycles. The predicted octanol–water partition coefficient (Wildman–Crippen LogP) is 3.12. The van der Waals surface area contributed by atoms with Gasteiger partial charge in [0.15, 0.2) is 0 Å². The summed E-state index contributed by atoms with van der Waals surface area (Å²) in [5, 5.41) is 0.